The fourth-order valence-corrected chi connectivity index (χ4v) is 3.28. The minimum atomic E-state index is -0.363. The van der Waals surface area contributed by atoms with Gasteiger partial charge < -0.3 is 5.32 Å². The van der Waals surface area contributed by atoms with Gasteiger partial charge in [-0.3, -0.25) is 19.0 Å². The minimum Gasteiger partial charge on any atom is -0.326 e. The lowest BCUT2D eigenvalue weighted by atomic mass is 10.1. The van der Waals surface area contributed by atoms with Crippen molar-refractivity contribution in [2.24, 2.45) is 0 Å². The monoisotopic (exact) mass is 435 g/mol. The summed E-state index contributed by atoms with van der Waals surface area (Å²) in [5, 5.41) is 7.81. The quantitative estimate of drug-likeness (QED) is 0.467. The van der Waals surface area contributed by atoms with E-state index in [0.717, 1.165) is 0 Å². The highest BCUT2D eigenvalue weighted by Crippen LogP contribution is 2.18. The number of ketones is 1. The smallest absolute Gasteiger partial charge is 0.264 e. The summed E-state index contributed by atoms with van der Waals surface area (Å²) in [5.41, 5.74) is 1.73. The third-order valence-corrected chi connectivity index (χ3v) is 4.97. The third kappa shape index (κ3) is 4.24. The zero-order valence-corrected chi connectivity index (χ0v) is 17.3. The van der Waals surface area contributed by atoms with Gasteiger partial charge >= 0.3 is 0 Å². The Morgan fingerprint density at radius 2 is 1.90 bits per heavy atom. The fourth-order valence-electron chi connectivity index (χ4n) is 3.09. The zero-order chi connectivity index (χ0) is 22.0. The number of aromatic nitrogens is 4. The van der Waals surface area contributed by atoms with Crippen molar-refractivity contribution in [2.45, 2.75) is 19.9 Å². The van der Waals surface area contributed by atoms with Gasteiger partial charge in [0.1, 0.15) is 11.7 Å². The molecule has 2 aromatic carbocycles. The summed E-state index contributed by atoms with van der Waals surface area (Å²) in [6.07, 6.45) is 3.13. The predicted octanol–water partition coefficient (Wildman–Crippen LogP) is 3.47. The van der Waals surface area contributed by atoms with Crippen molar-refractivity contribution in [3.8, 4) is 5.69 Å². The molecule has 0 bridgehead atoms. The van der Waals surface area contributed by atoms with Crippen molar-refractivity contribution in [2.75, 3.05) is 5.32 Å². The van der Waals surface area contributed by atoms with Gasteiger partial charge in [0.25, 0.3) is 5.56 Å². The summed E-state index contributed by atoms with van der Waals surface area (Å²) < 4.78 is 2.78. The maximum absolute atomic E-state index is 12.9. The van der Waals surface area contributed by atoms with Gasteiger partial charge in [-0.05, 0) is 42.5 Å². The number of carbonyl (C=O) groups excluding carboxylic acids is 2. The van der Waals surface area contributed by atoms with Gasteiger partial charge in [0.2, 0.25) is 5.91 Å². The van der Waals surface area contributed by atoms with Gasteiger partial charge in [-0.2, -0.15) is 5.10 Å². The molecule has 0 aliphatic carbocycles. The molecule has 156 valence electrons. The van der Waals surface area contributed by atoms with Gasteiger partial charge in [0, 0.05) is 22.7 Å². The van der Waals surface area contributed by atoms with E-state index in [1.165, 1.54) is 21.8 Å². The molecule has 9 heteroatoms. The molecular formula is C22H18ClN5O3. The largest absolute Gasteiger partial charge is 0.326 e. The Morgan fingerprint density at radius 1 is 1.13 bits per heavy atom. The third-order valence-electron chi connectivity index (χ3n) is 4.73. The number of hydrogen-bond acceptors (Lipinski definition) is 5. The summed E-state index contributed by atoms with van der Waals surface area (Å²) in [6.45, 7) is 1.60. The Hall–Kier alpha value is -3.78. The van der Waals surface area contributed by atoms with E-state index in [9.17, 15) is 14.4 Å². The number of fused-ring (bicyclic) bond motifs is 1. The lowest BCUT2D eigenvalue weighted by Crippen LogP contribution is -2.24. The molecule has 8 nitrogen and oxygen atoms in total. The summed E-state index contributed by atoms with van der Waals surface area (Å²) >= 11 is 6.04. The molecule has 4 rings (SSSR count). The molecule has 4 aromatic rings. The van der Waals surface area contributed by atoms with E-state index >= 15 is 0 Å². The van der Waals surface area contributed by atoms with Crippen LogP contribution in [-0.4, -0.2) is 31.0 Å². The molecule has 0 atom stereocenters. The number of anilines is 1. The number of carbonyl (C=O) groups is 2. The number of rotatable bonds is 6. The number of nitrogens with zero attached hydrogens (tertiary/aromatic N) is 4. The molecule has 31 heavy (non-hydrogen) atoms. The van der Waals surface area contributed by atoms with Crippen LogP contribution in [0.5, 0.6) is 0 Å². The average molecular weight is 436 g/mol. The van der Waals surface area contributed by atoms with Crippen LogP contribution in [0.4, 0.5) is 5.69 Å². The molecule has 0 saturated heterocycles. The van der Waals surface area contributed by atoms with Gasteiger partial charge in [0.05, 0.1) is 18.4 Å². The van der Waals surface area contributed by atoms with Crippen LogP contribution >= 0.6 is 11.6 Å². The summed E-state index contributed by atoms with van der Waals surface area (Å²) in [4.78, 5) is 41.3. The average Bonchev–Trinajstić information content (AvgIpc) is 3.21. The van der Waals surface area contributed by atoms with Crippen LogP contribution in [0.2, 0.25) is 5.02 Å². The Labute approximate surface area is 182 Å². The summed E-state index contributed by atoms with van der Waals surface area (Å²) in [5.74, 6) is -0.359. The van der Waals surface area contributed by atoms with Crippen molar-refractivity contribution in [3.63, 3.8) is 0 Å². The van der Waals surface area contributed by atoms with Crippen LogP contribution < -0.4 is 10.9 Å². The molecule has 1 amide bonds. The Balaban J connectivity index is 1.58. The van der Waals surface area contributed by atoms with Crippen molar-refractivity contribution < 1.29 is 9.59 Å². The number of hydrogen-bond donors (Lipinski definition) is 1. The molecule has 0 spiro atoms. The highest BCUT2D eigenvalue weighted by atomic mass is 35.5. The van der Waals surface area contributed by atoms with Crippen molar-refractivity contribution >= 4 is 40.0 Å². The van der Waals surface area contributed by atoms with Crippen LogP contribution in [0.1, 0.15) is 23.7 Å². The van der Waals surface area contributed by atoms with Gasteiger partial charge in [0.15, 0.2) is 11.4 Å². The first-order valence-electron chi connectivity index (χ1n) is 9.58. The second-order valence-corrected chi connectivity index (χ2v) is 7.29. The Bertz CT molecular complexity index is 1340. The van der Waals surface area contributed by atoms with Crippen LogP contribution in [0, 0.1) is 0 Å². The van der Waals surface area contributed by atoms with Crippen molar-refractivity contribution in [1.29, 1.82) is 0 Å². The predicted molar refractivity (Wildman–Crippen MR) is 118 cm³/mol. The Morgan fingerprint density at radius 3 is 2.61 bits per heavy atom. The molecule has 0 aliphatic rings. The maximum Gasteiger partial charge on any atom is 0.264 e. The number of benzene rings is 2. The topological polar surface area (TPSA) is 98.9 Å². The minimum absolute atomic E-state index is 0.108. The molecule has 0 radical (unpaired) electrons. The lowest BCUT2D eigenvalue weighted by molar-refractivity contribution is -0.115. The molecule has 0 saturated carbocycles. The molecule has 2 heterocycles. The van der Waals surface area contributed by atoms with E-state index < -0.39 is 0 Å². The first kappa shape index (κ1) is 20.5. The Kier molecular flexibility index (Phi) is 5.64. The molecule has 0 aliphatic heterocycles. The molecule has 1 N–H and O–H groups in total. The van der Waals surface area contributed by atoms with Gasteiger partial charge in [-0.1, -0.05) is 24.6 Å². The standard InChI is InChI=1S/C22H18ClN5O3/c1-2-20(30)26-16-8-6-14(7-9-16)19(29)12-27-13-24-21-18(22(27)31)11-25-28(21)17-5-3-4-15(23)10-17/h3-11,13H,2,12H2,1H3,(H,26,30). The molecule has 0 fully saturated rings. The van der Waals surface area contributed by atoms with E-state index in [1.54, 1.807) is 49.4 Å². The normalized spacial score (nSPS) is 10.9. The summed E-state index contributed by atoms with van der Waals surface area (Å²) in [6, 6.07) is 13.6. The first-order valence-corrected chi connectivity index (χ1v) is 9.96. The molecule has 2 aromatic heterocycles. The number of Topliss-reactive ketones (excluding diaryl/α,β-unsaturated/α-hetero) is 1. The maximum atomic E-state index is 12.9. The van der Waals surface area contributed by atoms with Crippen LogP contribution in [0.25, 0.3) is 16.7 Å². The van der Waals surface area contributed by atoms with E-state index in [2.05, 4.69) is 15.4 Å². The fraction of sp³-hybridized carbons (Fsp3) is 0.136. The second-order valence-electron chi connectivity index (χ2n) is 6.85. The molecule has 0 unspecified atom stereocenters. The van der Waals surface area contributed by atoms with E-state index in [4.69, 9.17) is 11.6 Å². The summed E-state index contributed by atoms with van der Waals surface area (Å²) in [7, 11) is 0. The van der Waals surface area contributed by atoms with Crippen molar-refractivity contribution in [1.82, 2.24) is 19.3 Å². The van der Waals surface area contributed by atoms with Crippen molar-refractivity contribution in [3.05, 3.63) is 82.0 Å². The van der Waals surface area contributed by atoms with Crippen LogP contribution in [0.15, 0.2) is 65.8 Å². The van der Waals surface area contributed by atoms with Gasteiger partial charge in [-0.15, -0.1) is 0 Å². The van der Waals surface area contributed by atoms with E-state index in [1.807, 2.05) is 6.07 Å². The molecular weight excluding hydrogens is 418 g/mol. The van der Waals surface area contributed by atoms with Gasteiger partial charge in [-0.25, -0.2) is 9.67 Å². The number of nitrogens with one attached hydrogen (secondary N) is 1. The highest BCUT2D eigenvalue weighted by Gasteiger charge is 2.14. The second kappa shape index (κ2) is 8.53. The highest BCUT2D eigenvalue weighted by molar-refractivity contribution is 6.30. The first-order chi connectivity index (χ1) is 15.0. The van der Waals surface area contributed by atoms with E-state index in [-0.39, 0.29) is 23.8 Å². The SMILES string of the molecule is CCC(=O)Nc1ccc(C(=O)Cn2cnc3c(cnn3-c3cccc(Cl)c3)c2=O)cc1. The number of halogens is 1. The van der Waals surface area contributed by atoms with Crippen LogP contribution in [-0.2, 0) is 11.3 Å². The lowest BCUT2D eigenvalue weighted by Gasteiger charge is -2.07. The number of amides is 1. The van der Waals surface area contributed by atoms with Crippen LogP contribution in [0.3, 0.4) is 0 Å². The van der Waals surface area contributed by atoms with E-state index in [0.29, 0.717) is 39.4 Å². The zero-order valence-electron chi connectivity index (χ0n) is 16.6.